The van der Waals surface area contributed by atoms with Gasteiger partial charge in [0, 0.05) is 24.7 Å². The molecule has 7 nitrogen and oxygen atoms in total. The maximum Gasteiger partial charge on any atom is 0.231 e. The summed E-state index contributed by atoms with van der Waals surface area (Å²) in [5.74, 6) is 0.640. The van der Waals surface area contributed by atoms with Gasteiger partial charge in [0.25, 0.3) is 0 Å². The van der Waals surface area contributed by atoms with Crippen LogP contribution in [-0.4, -0.2) is 42.8 Å². The van der Waals surface area contributed by atoms with Crippen molar-refractivity contribution in [2.45, 2.75) is 17.6 Å². The van der Waals surface area contributed by atoms with Crippen molar-refractivity contribution in [2.75, 3.05) is 36.2 Å². The highest BCUT2D eigenvalue weighted by Gasteiger charge is 2.36. The minimum atomic E-state index is -0.410. The van der Waals surface area contributed by atoms with E-state index in [1.54, 1.807) is 28.8 Å². The first-order chi connectivity index (χ1) is 13.0. The average Bonchev–Trinajstić information content (AvgIpc) is 3.23. The van der Waals surface area contributed by atoms with Crippen LogP contribution in [0.15, 0.2) is 22.4 Å². The van der Waals surface area contributed by atoms with Crippen LogP contribution in [0.5, 0.6) is 11.5 Å². The zero-order valence-corrected chi connectivity index (χ0v) is 16.6. The molecule has 1 N–H and O–H groups in total. The Bertz CT molecular complexity index is 899. The predicted octanol–water partition coefficient (Wildman–Crippen LogP) is 2.94. The molecule has 0 aliphatic carbocycles. The van der Waals surface area contributed by atoms with Crippen LogP contribution in [-0.2, 0) is 9.59 Å². The number of nitrogens with zero attached hydrogens (tertiary/aromatic N) is 2. The first kappa shape index (κ1) is 18.1. The molecule has 0 radical (unpaired) electrons. The predicted molar refractivity (Wildman–Crippen MR) is 105 cm³/mol. The normalized spacial score (nSPS) is 18.7. The summed E-state index contributed by atoms with van der Waals surface area (Å²) in [4.78, 5) is 31.1. The largest absolute Gasteiger partial charge is 0.486 e. The Kier molecular flexibility index (Phi) is 4.96. The minimum absolute atomic E-state index is 0.0769. The van der Waals surface area contributed by atoms with E-state index in [9.17, 15) is 9.59 Å². The fourth-order valence-electron chi connectivity index (χ4n) is 3.17. The van der Waals surface area contributed by atoms with Crippen LogP contribution in [0.1, 0.15) is 12.1 Å². The Morgan fingerprint density at radius 2 is 2.11 bits per heavy atom. The number of carbonyl (C=O) groups excluding carboxylic acids is 2. The number of benzene rings is 1. The molecule has 27 heavy (non-hydrogen) atoms. The van der Waals surface area contributed by atoms with Gasteiger partial charge < -0.3 is 19.7 Å². The molecule has 1 saturated heterocycles. The molecule has 1 atom stereocenters. The topological polar surface area (TPSA) is 80.8 Å². The number of anilines is 2. The molecule has 2 aliphatic rings. The van der Waals surface area contributed by atoms with E-state index >= 15 is 0 Å². The number of rotatable bonds is 4. The lowest BCUT2D eigenvalue weighted by Crippen LogP contribution is -2.28. The summed E-state index contributed by atoms with van der Waals surface area (Å²) in [7, 11) is 0. The molecule has 2 aromatic rings. The number of thiazole rings is 1. The van der Waals surface area contributed by atoms with Gasteiger partial charge in [0.1, 0.15) is 13.2 Å². The van der Waals surface area contributed by atoms with E-state index in [1.807, 2.05) is 19.2 Å². The van der Waals surface area contributed by atoms with Crippen molar-refractivity contribution in [1.29, 1.82) is 0 Å². The maximum atomic E-state index is 12.6. The van der Waals surface area contributed by atoms with Gasteiger partial charge in [-0.05, 0) is 25.3 Å². The van der Waals surface area contributed by atoms with Crippen LogP contribution in [0.2, 0.25) is 0 Å². The SMILES string of the molecule is CSc1sc(NC(=O)C2CC(=O)N(c3ccc4c(c3)OCCO4)C2)nc1C. The van der Waals surface area contributed by atoms with Crippen LogP contribution >= 0.6 is 23.1 Å². The zero-order chi connectivity index (χ0) is 19.0. The fraction of sp³-hybridized carbons (Fsp3) is 0.389. The molecule has 1 aromatic carbocycles. The lowest BCUT2D eigenvalue weighted by molar-refractivity contribution is -0.122. The number of nitrogens with one attached hydrogen (secondary N) is 1. The Hall–Kier alpha value is -2.26. The molecule has 1 aromatic heterocycles. The fourth-order valence-corrected chi connectivity index (χ4v) is 4.78. The van der Waals surface area contributed by atoms with Crippen LogP contribution in [0.25, 0.3) is 0 Å². The molecule has 1 unspecified atom stereocenters. The summed E-state index contributed by atoms with van der Waals surface area (Å²) >= 11 is 3.06. The molecule has 3 heterocycles. The standard InChI is InChI=1S/C18H19N3O4S2/c1-10-17(26-2)27-18(19-10)20-16(23)11-7-15(22)21(9-11)12-3-4-13-14(8-12)25-6-5-24-13/h3-4,8,11H,5-7,9H2,1-2H3,(H,19,20,23). The highest BCUT2D eigenvalue weighted by molar-refractivity contribution is 8.00. The summed E-state index contributed by atoms with van der Waals surface area (Å²) < 4.78 is 12.2. The third-order valence-corrected chi connectivity index (χ3v) is 6.79. The second kappa shape index (κ2) is 7.40. The van der Waals surface area contributed by atoms with Crippen LogP contribution in [0.3, 0.4) is 0 Å². The quantitative estimate of drug-likeness (QED) is 0.788. The summed E-state index contributed by atoms with van der Waals surface area (Å²) in [5, 5.41) is 3.43. The number of fused-ring (bicyclic) bond motifs is 1. The van der Waals surface area contributed by atoms with Gasteiger partial charge in [-0.1, -0.05) is 11.3 Å². The number of ether oxygens (including phenoxy) is 2. The summed E-state index contributed by atoms with van der Waals surface area (Å²) in [6, 6.07) is 5.41. The average molecular weight is 406 g/mol. The molecule has 0 saturated carbocycles. The Morgan fingerprint density at radius 3 is 2.85 bits per heavy atom. The van der Waals surface area contributed by atoms with Gasteiger partial charge in [-0.15, -0.1) is 11.8 Å². The number of thioether (sulfide) groups is 1. The third-order valence-electron chi connectivity index (χ3n) is 4.50. The van der Waals surface area contributed by atoms with Gasteiger partial charge in [-0.3, -0.25) is 9.59 Å². The maximum absolute atomic E-state index is 12.6. The van der Waals surface area contributed by atoms with Crippen LogP contribution in [0.4, 0.5) is 10.8 Å². The number of hydrogen-bond acceptors (Lipinski definition) is 7. The lowest BCUT2D eigenvalue weighted by atomic mass is 10.1. The van der Waals surface area contributed by atoms with Crippen LogP contribution in [0, 0.1) is 12.8 Å². The molecule has 4 rings (SSSR count). The van der Waals surface area contributed by atoms with E-state index in [-0.39, 0.29) is 18.2 Å². The molecule has 142 valence electrons. The van der Waals surface area contributed by atoms with Crippen molar-refractivity contribution in [2.24, 2.45) is 5.92 Å². The summed E-state index contributed by atoms with van der Waals surface area (Å²) in [6.07, 6.45) is 2.16. The highest BCUT2D eigenvalue weighted by Crippen LogP contribution is 2.36. The molecule has 2 aliphatic heterocycles. The van der Waals surface area contributed by atoms with E-state index in [4.69, 9.17) is 9.47 Å². The van der Waals surface area contributed by atoms with Crippen molar-refractivity contribution < 1.29 is 19.1 Å². The van der Waals surface area contributed by atoms with E-state index in [1.165, 1.54) is 11.3 Å². The number of amides is 2. The molecule has 0 bridgehead atoms. The van der Waals surface area contributed by atoms with Crippen molar-refractivity contribution in [1.82, 2.24) is 4.98 Å². The van der Waals surface area contributed by atoms with E-state index < -0.39 is 5.92 Å². The number of aryl methyl sites for hydroxylation is 1. The van der Waals surface area contributed by atoms with E-state index in [0.29, 0.717) is 42.1 Å². The van der Waals surface area contributed by atoms with Crippen LogP contribution < -0.4 is 19.7 Å². The van der Waals surface area contributed by atoms with Crippen molar-refractivity contribution in [3.05, 3.63) is 23.9 Å². The first-order valence-electron chi connectivity index (χ1n) is 8.57. The second-order valence-corrected chi connectivity index (χ2v) is 8.39. The minimum Gasteiger partial charge on any atom is -0.486 e. The second-order valence-electron chi connectivity index (χ2n) is 6.32. The van der Waals surface area contributed by atoms with E-state index in [2.05, 4.69) is 10.3 Å². The van der Waals surface area contributed by atoms with Gasteiger partial charge in [-0.2, -0.15) is 0 Å². The van der Waals surface area contributed by atoms with Gasteiger partial charge in [-0.25, -0.2) is 4.98 Å². The molecule has 2 amide bonds. The lowest BCUT2D eigenvalue weighted by Gasteiger charge is -2.22. The monoisotopic (exact) mass is 405 g/mol. The summed E-state index contributed by atoms with van der Waals surface area (Å²) in [5.41, 5.74) is 1.62. The summed E-state index contributed by atoms with van der Waals surface area (Å²) in [6.45, 7) is 3.26. The number of carbonyl (C=O) groups is 2. The van der Waals surface area contributed by atoms with Gasteiger partial charge in [0.2, 0.25) is 11.8 Å². The Morgan fingerprint density at radius 1 is 1.33 bits per heavy atom. The first-order valence-corrected chi connectivity index (χ1v) is 10.6. The number of hydrogen-bond donors (Lipinski definition) is 1. The molecular weight excluding hydrogens is 386 g/mol. The van der Waals surface area contributed by atoms with Gasteiger partial charge in [0.05, 0.1) is 15.8 Å². The van der Waals surface area contributed by atoms with Crippen molar-refractivity contribution in [3.8, 4) is 11.5 Å². The van der Waals surface area contributed by atoms with E-state index in [0.717, 1.165) is 9.90 Å². The molecule has 1 fully saturated rings. The number of aromatic nitrogens is 1. The molecule has 0 spiro atoms. The third kappa shape index (κ3) is 3.61. The van der Waals surface area contributed by atoms with Gasteiger partial charge >= 0.3 is 0 Å². The van der Waals surface area contributed by atoms with Gasteiger partial charge in [0.15, 0.2) is 16.6 Å². The zero-order valence-electron chi connectivity index (χ0n) is 15.0. The molecule has 9 heteroatoms. The Labute approximate surface area is 165 Å². The highest BCUT2D eigenvalue weighted by atomic mass is 32.2. The van der Waals surface area contributed by atoms with Crippen molar-refractivity contribution in [3.63, 3.8) is 0 Å². The Balaban J connectivity index is 1.46. The van der Waals surface area contributed by atoms with Crippen molar-refractivity contribution >= 4 is 45.7 Å². The smallest absolute Gasteiger partial charge is 0.231 e. The molecular formula is C18H19N3O4S2.